The molecule has 0 aliphatic carbocycles. The summed E-state index contributed by atoms with van der Waals surface area (Å²) in [4.78, 5) is -0.215. The molecule has 0 saturated carbocycles. The van der Waals surface area contributed by atoms with Crippen molar-refractivity contribution in [2.24, 2.45) is 0 Å². The maximum absolute atomic E-state index is 13.7. The highest BCUT2D eigenvalue weighted by Crippen LogP contribution is 2.31. The topological polar surface area (TPSA) is 72.2 Å². The summed E-state index contributed by atoms with van der Waals surface area (Å²) in [6.45, 7) is 0. The third-order valence-electron chi connectivity index (χ3n) is 2.51. The molecule has 0 fully saturated rings. The Hall–Kier alpha value is -1.19. The first-order chi connectivity index (χ1) is 9.70. The second-order valence-corrected chi connectivity index (χ2v) is 7.45. The normalized spacial score (nSPS) is 11.4. The Balaban J connectivity index is 2.50. The summed E-state index contributed by atoms with van der Waals surface area (Å²) in [6, 6.07) is 5.78. The van der Waals surface area contributed by atoms with Crippen LogP contribution in [-0.2, 0) is 10.0 Å². The molecule has 0 amide bonds. The van der Waals surface area contributed by atoms with E-state index < -0.39 is 27.3 Å². The van der Waals surface area contributed by atoms with E-state index in [-0.39, 0.29) is 15.1 Å². The van der Waals surface area contributed by atoms with Gasteiger partial charge in [-0.15, -0.1) is 0 Å². The number of rotatable bonds is 3. The highest BCUT2D eigenvalue weighted by molar-refractivity contribution is 9.10. The number of nitrogens with one attached hydrogen (secondary N) is 1. The molecule has 0 aromatic heterocycles. The average Bonchev–Trinajstić information content (AvgIpc) is 2.36. The molecule has 21 heavy (non-hydrogen) atoms. The SMILES string of the molecule is Nc1ccc(Br)cc1S(=O)(=O)Nc1c(F)cc(F)cc1Br. The molecular formula is C12H8Br2F2N2O2S. The van der Waals surface area contributed by atoms with Gasteiger partial charge in [0.05, 0.1) is 11.4 Å². The van der Waals surface area contributed by atoms with Crippen molar-refractivity contribution >= 4 is 53.3 Å². The third-order valence-corrected chi connectivity index (χ3v) is 5.03. The van der Waals surface area contributed by atoms with Crippen molar-refractivity contribution in [3.05, 3.63) is 50.9 Å². The quantitative estimate of drug-likeness (QED) is 0.710. The van der Waals surface area contributed by atoms with Gasteiger partial charge in [-0.2, -0.15) is 0 Å². The van der Waals surface area contributed by atoms with E-state index in [0.29, 0.717) is 10.5 Å². The minimum atomic E-state index is -4.12. The van der Waals surface area contributed by atoms with E-state index in [1.165, 1.54) is 12.1 Å². The van der Waals surface area contributed by atoms with Gasteiger partial charge in [0.25, 0.3) is 10.0 Å². The molecule has 0 atom stereocenters. The van der Waals surface area contributed by atoms with Crippen molar-refractivity contribution in [1.82, 2.24) is 0 Å². The molecule has 4 nitrogen and oxygen atoms in total. The van der Waals surface area contributed by atoms with E-state index in [9.17, 15) is 17.2 Å². The van der Waals surface area contributed by atoms with Crippen LogP contribution in [-0.4, -0.2) is 8.42 Å². The molecule has 0 spiro atoms. The summed E-state index contributed by atoms with van der Waals surface area (Å²) < 4.78 is 53.7. The van der Waals surface area contributed by atoms with Crippen LogP contribution in [0, 0.1) is 11.6 Å². The lowest BCUT2D eigenvalue weighted by molar-refractivity contribution is 0.581. The van der Waals surface area contributed by atoms with E-state index in [2.05, 4.69) is 31.9 Å². The fourth-order valence-corrected chi connectivity index (χ4v) is 3.97. The Labute approximate surface area is 136 Å². The summed E-state index contributed by atoms with van der Waals surface area (Å²) in [5.41, 5.74) is 5.24. The molecule has 0 saturated heterocycles. The van der Waals surface area contributed by atoms with E-state index in [0.717, 1.165) is 6.07 Å². The minimum Gasteiger partial charge on any atom is -0.398 e. The van der Waals surface area contributed by atoms with Gasteiger partial charge >= 0.3 is 0 Å². The number of benzene rings is 2. The number of anilines is 2. The van der Waals surface area contributed by atoms with E-state index in [1.54, 1.807) is 6.07 Å². The van der Waals surface area contributed by atoms with Crippen molar-refractivity contribution in [1.29, 1.82) is 0 Å². The van der Waals surface area contributed by atoms with Gasteiger partial charge in [-0.05, 0) is 40.2 Å². The molecule has 9 heteroatoms. The number of nitrogen functional groups attached to an aromatic ring is 1. The van der Waals surface area contributed by atoms with Crippen LogP contribution < -0.4 is 10.5 Å². The maximum atomic E-state index is 13.7. The van der Waals surface area contributed by atoms with Gasteiger partial charge in [0.1, 0.15) is 10.7 Å². The standard InChI is InChI=1S/C12H8Br2F2N2O2S/c13-6-1-2-10(17)11(3-6)21(19,20)18-12-8(14)4-7(15)5-9(12)16/h1-5,18H,17H2. The van der Waals surface area contributed by atoms with Gasteiger partial charge in [0, 0.05) is 15.0 Å². The van der Waals surface area contributed by atoms with Crippen LogP contribution in [0.15, 0.2) is 44.2 Å². The lowest BCUT2D eigenvalue weighted by Crippen LogP contribution is -2.16. The smallest absolute Gasteiger partial charge is 0.264 e. The Bertz CT molecular complexity index is 790. The fourth-order valence-electron chi connectivity index (χ4n) is 1.57. The minimum absolute atomic E-state index is 0.00402. The zero-order valence-electron chi connectivity index (χ0n) is 10.2. The van der Waals surface area contributed by atoms with Gasteiger partial charge in [-0.3, -0.25) is 4.72 Å². The van der Waals surface area contributed by atoms with Crippen LogP contribution in [0.1, 0.15) is 0 Å². The average molecular weight is 442 g/mol. The van der Waals surface area contributed by atoms with Crippen molar-refractivity contribution in [3.8, 4) is 0 Å². The molecule has 2 aromatic rings. The van der Waals surface area contributed by atoms with Crippen LogP contribution in [0.2, 0.25) is 0 Å². The summed E-state index contributed by atoms with van der Waals surface area (Å²) in [6.07, 6.45) is 0. The van der Waals surface area contributed by atoms with Crippen LogP contribution in [0.3, 0.4) is 0 Å². The second-order valence-electron chi connectivity index (χ2n) is 4.03. The third kappa shape index (κ3) is 3.53. The van der Waals surface area contributed by atoms with Crippen LogP contribution >= 0.6 is 31.9 Å². The van der Waals surface area contributed by atoms with Gasteiger partial charge < -0.3 is 5.73 Å². The molecule has 0 bridgehead atoms. The van der Waals surface area contributed by atoms with E-state index in [1.807, 2.05) is 4.72 Å². The first kappa shape index (κ1) is 16.2. The monoisotopic (exact) mass is 440 g/mol. The van der Waals surface area contributed by atoms with E-state index in [4.69, 9.17) is 5.73 Å². The zero-order valence-corrected chi connectivity index (χ0v) is 14.2. The number of nitrogens with two attached hydrogens (primary N) is 1. The molecule has 0 radical (unpaired) electrons. The second kappa shape index (κ2) is 5.90. The summed E-state index contributed by atoms with van der Waals surface area (Å²) in [5.74, 6) is -1.87. The van der Waals surface area contributed by atoms with Gasteiger partial charge in [0.2, 0.25) is 0 Å². The molecule has 0 aliphatic rings. The maximum Gasteiger partial charge on any atom is 0.264 e. The van der Waals surface area contributed by atoms with Crippen LogP contribution in [0.25, 0.3) is 0 Å². The Morgan fingerprint density at radius 3 is 2.38 bits per heavy atom. The highest BCUT2D eigenvalue weighted by Gasteiger charge is 2.21. The first-order valence-electron chi connectivity index (χ1n) is 5.43. The van der Waals surface area contributed by atoms with Crippen molar-refractivity contribution < 1.29 is 17.2 Å². The number of halogens is 4. The molecule has 0 heterocycles. The largest absolute Gasteiger partial charge is 0.398 e. The van der Waals surface area contributed by atoms with Crippen molar-refractivity contribution in [2.45, 2.75) is 4.90 Å². The summed E-state index contributed by atoms with van der Waals surface area (Å²) in [7, 11) is -4.12. The van der Waals surface area contributed by atoms with Gasteiger partial charge in [-0.1, -0.05) is 15.9 Å². The van der Waals surface area contributed by atoms with Crippen LogP contribution in [0.4, 0.5) is 20.2 Å². The zero-order chi connectivity index (χ0) is 15.8. The number of hydrogen-bond donors (Lipinski definition) is 2. The predicted molar refractivity (Wildman–Crippen MR) is 83.4 cm³/mol. The summed E-state index contributed by atoms with van der Waals surface area (Å²) in [5, 5.41) is 0. The molecular weight excluding hydrogens is 434 g/mol. The lowest BCUT2D eigenvalue weighted by atomic mass is 10.3. The first-order valence-corrected chi connectivity index (χ1v) is 8.50. The Morgan fingerprint density at radius 2 is 1.76 bits per heavy atom. The molecule has 2 aromatic carbocycles. The molecule has 0 unspecified atom stereocenters. The molecule has 3 N–H and O–H groups in total. The molecule has 112 valence electrons. The Morgan fingerprint density at radius 1 is 1.10 bits per heavy atom. The molecule has 2 rings (SSSR count). The van der Waals surface area contributed by atoms with Crippen molar-refractivity contribution in [2.75, 3.05) is 10.5 Å². The van der Waals surface area contributed by atoms with Crippen molar-refractivity contribution in [3.63, 3.8) is 0 Å². The predicted octanol–water partition coefficient (Wildman–Crippen LogP) is 3.87. The number of hydrogen-bond acceptors (Lipinski definition) is 3. The Kier molecular flexibility index (Phi) is 4.54. The van der Waals surface area contributed by atoms with E-state index >= 15 is 0 Å². The number of sulfonamides is 1. The highest BCUT2D eigenvalue weighted by atomic mass is 79.9. The van der Waals surface area contributed by atoms with Gasteiger partial charge in [0.15, 0.2) is 5.82 Å². The molecule has 0 aliphatic heterocycles. The van der Waals surface area contributed by atoms with Crippen LogP contribution in [0.5, 0.6) is 0 Å². The fraction of sp³-hybridized carbons (Fsp3) is 0. The summed E-state index contributed by atoms with van der Waals surface area (Å²) >= 11 is 6.04. The van der Waals surface area contributed by atoms with Gasteiger partial charge in [-0.25, -0.2) is 17.2 Å². The lowest BCUT2D eigenvalue weighted by Gasteiger charge is -2.12.